The van der Waals surface area contributed by atoms with Crippen molar-refractivity contribution in [2.24, 2.45) is 40.4 Å². The first-order chi connectivity index (χ1) is 11.1. The maximum atomic E-state index is 10.1. The Morgan fingerprint density at radius 3 is 2.74 bits per heavy atom. The molecule has 0 aromatic rings. The van der Waals surface area contributed by atoms with Crippen molar-refractivity contribution in [3.05, 3.63) is 11.6 Å². The first-order valence-electron chi connectivity index (χ1n) is 9.87. The molecule has 2 bridgehead atoms. The van der Waals surface area contributed by atoms with E-state index < -0.39 is 0 Å². The SMILES string of the molecule is C[C@]12CC[C@H]3CC4C(C[C@@H]5CC[C@H](O)C[C@H]5C3)[C@@]41CC=C2C#N. The second kappa shape index (κ2) is 4.63. The van der Waals surface area contributed by atoms with Gasteiger partial charge in [-0.3, -0.25) is 0 Å². The maximum Gasteiger partial charge on any atom is 0.0949 e. The highest BCUT2D eigenvalue weighted by Crippen LogP contribution is 2.81. The molecule has 0 aromatic carbocycles. The minimum atomic E-state index is -0.0353. The van der Waals surface area contributed by atoms with Crippen LogP contribution in [0.2, 0.25) is 0 Å². The molecule has 1 N–H and O–H groups in total. The third-order valence-corrected chi connectivity index (χ3v) is 9.03. The van der Waals surface area contributed by atoms with E-state index in [2.05, 4.69) is 19.1 Å². The molecular formula is C21H29NO. The van der Waals surface area contributed by atoms with E-state index in [-0.39, 0.29) is 11.5 Å². The van der Waals surface area contributed by atoms with Gasteiger partial charge in [0.05, 0.1) is 12.2 Å². The van der Waals surface area contributed by atoms with Gasteiger partial charge in [0.25, 0.3) is 0 Å². The molecule has 8 atom stereocenters. The Labute approximate surface area is 140 Å². The van der Waals surface area contributed by atoms with Gasteiger partial charge >= 0.3 is 0 Å². The fourth-order valence-electron chi connectivity index (χ4n) is 7.82. The molecule has 0 aliphatic heterocycles. The fourth-order valence-corrected chi connectivity index (χ4v) is 7.82. The molecule has 0 heterocycles. The largest absolute Gasteiger partial charge is 0.393 e. The van der Waals surface area contributed by atoms with Crippen molar-refractivity contribution in [1.29, 1.82) is 5.26 Å². The number of allylic oxidation sites excluding steroid dienone is 2. The Bertz CT molecular complexity index is 603. The number of aliphatic hydroxyl groups is 1. The van der Waals surface area contributed by atoms with Crippen molar-refractivity contribution in [3.8, 4) is 6.07 Å². The zero-order chi connectivity index (χ0) is 15.8. The van der Waals surface area contributed by atoms with Crippen LogP contribution in [-0.4, -0.2) is 11.2 Å². The molecule has 0 amide bonds. The summed E-state index contributed by atoms with van der Waals surface area (Å²) in [5.41, 5.74) is 1.73. The average Bonchev–Trinajstić information content (AvgIpc) is 3.04. The summed E-state index contributed by atoms with van der Waals surface area (Å²) in [6.07, 6.45) is 13.4. The van der Waals surface area contributed by atoms with Gasteiger partial charge in [-0.1, -0.05) is 13.0 Å². The zero-order valence-corrected chi connectivity index (χ0v) is 14.3. The molecule has 2 heteroatoms. The van der Waals surface area contributed by atoms with Gasteiger partial charge in [0.1, 0.15) is 0 Å². The normalized spacial score (nSPS) is 57.0. The molecule has 124 valence electrons. The zero-order valence-electron chi connectivity index (χ0n) is 14.3. The highest BCUT2D eigenvalue weighted by molar-refractivity contribution is 5.43. The number of rotatable bonds is 0. The van der Waals surface area contributed by atoms with Crippen LogP contribution in [-0.2, 0) is 0 Å². The van der Waals surface area contributed by atoms with E-state index in [1.54, 1.807) is 0 Å². The van der Waals surface area contributed by atoms with Crippen LogP contribution < -0.4 is 0 Å². The van der Waals surface area contributed by atoms with Crippen molar-refractivity contribution in [3.63, 3.8) is 0 Å². The van der Waals surface area contributed by atoms with Crippen molar-refractivity contribution in [2.75, 3.05) is 0 Å². The summed E-state index contributed by atoms with van der Waals surface area (Å²) in [4.78, 5) is 0. The summed E-state index contributed by atoms with van der Waals surface area (Å²) in [5, 5.41) is 19.8. The summed E-state index contributed by atoms with van der Waals surface area (Å²) < 4.78 is 0. The summed E-state index contributed by atoms with van der Waals surface area (Å²) in [5.74, 6) is 4.22. The van der Waals surface area contributed by atoms with Crippen LogP contribution in [0.1, 0.15) is 64.7 Å². The van der Waals surface area contributed by atoms with Crippen LogP contribution in [0.4, 0.5) is 0 Å². The Hall–Kier alpha value is -0.810. The molecular weight excluding hydrogens is 282 g/mol. The predicted molar refractivity (Wildman–Crippen MR) is 89.2 cm³/mol. The van der Waals surface area contributed by atoms with Crippen LogP contribution in [0.15, 0.2) is 11.6 Å². The number of nitriles is 1. The maximum absolute atomic E-state index is 10.1. The first kappa shape index (κ1) is 14.5. The minimum absolute atomic E-state index is 0.0353. The second-order valence-corrected chi connectivity index (χ2v) is 9.62. The molecule has 5 rings (SSSR count). The van der Waals surface area contributed by atoms with Crippen molar-refractivity contribution >= 4 is 0 Å². The smallest absolute Gasteiger partial charge is 0.0949 e. The number of nitrogens with zero attached hydrogens (tertiary/aromatic N) is 1. The molecule has 0 radical (unpaired) electrons. The molecule has 5 aliphatic rings. The minimum Gasteiger partial charge on any atom is -0.393 e. The van der Waals surface area contributed by atoms with Gasteiger partial charge in [0.15, 0.2) is 0 Å². The predicted octanol–water partition coefficient (Wildman–Crippen LogP) is 4.45. The average molecular weight is 311 g/mol. The van der Waals surface area contributed by atoms with Crippen LogP contribution in [0, 0.1) is 51.8 Å². The van der Waals surface area contributed by atoms with Crippen LogP contribution in [0.5, 0.6) is 0 Å². The standard InChI is InChI=1S/C21H29NO/c1-20-6-4-13-8-15-10-17(23)3-2-14(15)11-19-18(9-13)21(19,20)7-5-16(20)12-22/h5,13-15,17-19,23H,2-4,6-11H2,1H3/t13-,14+,15-,17+,18?,19?,20-,21-/m1/s1. The lowest BCUT2D eigenvalue weighted by atomic mass is 9.64. The van der Waals surface area contributed by atoms with Gasteiger partial charge in [-0.25, -0.2) is 0 Å². The summed E-state index contributed by atoms with van der Waals surface area (Å²) in [6, 6.07) is 2.57. The Kier molecular flexibility index (Phi) is 2.92. The van der Waals surface area contributed by atoms with Crippen LogP contribution in [0.25, 0.3) is 0 Å². The lowest BCUT2D eigenvalue weighted by Gasteiger charge is -2.40. The Morgan fingerprint density at radius 1 is 1.09 bits per heavy atom. The Morgan fingerprint density at radius 2 is 1.91 bits per heavy atom. The van der Waals surface area contributed by atoms with Crippen molar-refractivity contribution < 1.29 is 5.11 Å². The molecule has 2 unspecified atom stereocenters. The molecule has 0 saturated heterocycles. The van der Waals surface area contributed by atoms with Crippen molar-refractivity contribution in [1.82, 2.24) is 0 Å². The molecule has 2 nitrogen and oxygen atoms in total. The van der Waals surface area contributed by atoms with E-state index in [9.17, 15) is 10.4 Å². The third-order valence-electron chi connectivity index (χ3n) is 9.03. The topological polar surface area (TPSA) is 44.0 Å². The third kappa shape index (κ3) is 1.73. The summed E-state index contributed by atoms with van der Waals surface area (Å²) in [6.45, 7) is 2.42. The van der Waals surface area contributed by atoms with Gasteiger partial charge < -0.3 is 5.11 Å². The summed E-state index contributed by atoms with van der Waals surface area (Å²) >= 11 is 0. The van der Waals surface area contributed by atoms with E-state index >= 15 is 0 Å². The molecule has 0 aromatic heterocycles. The first-order valence-corrected chi connectivity index (χ1v) is 9.87. The second-order valence-electron chi connectivity index (χ2n) is 9.62. The molecule has 4 saturated carbocycles. The fraction of sp³-hybridized carbons (Fsp3) is 0.857. The molecule has 5 aliphatic carbocycles. The van der Waals surface area contributed by atoms with Crippen molar-refractivity contribution in [2.45, 2.75) is 70.8 Å². The lowest BCUT2D eigenvalue weighted by Crippen LogP contribution is -2.33. The van der Waals surface area contributed by atoms with E-state index in [1.807, 2.05) is 0 Å². The lowest BCUT2D eigenvalue weighted by molar-refractivity contribution is 0.0407. The monoisotopic (exact) mass is 311 g/mol. The summed E-state index contributed by atoms with van der Waals surface area (Å²) in [7, 11) is 0. The van der Waals surface area contributed by atoms with E-state index in [1.165, 1.54) is 44.9 Å². The Balaban J connectivity index is 1.50. The highest BCUT2D eigenvalue weighted by atomic mass is 16.3. The highest BCUT2D eigenvalue weighted by Gasteiger charge is 2.75. The molecule has 1 spiro atoms. The van der Waals surface area contributed by atoms with Crippen LogP contribution >= 0.6 is 0 Å². The van der Waals surface area contributed by atoms with Gasteiger partial charge in [-0.05, 0) is 92.8 Å². The van der Waals surface area contributed by atoms with Gasteiger partial charge in [-0.15, -0.1) is 0 Å². The number of aliphatic hydroxyl groups excluding tert-OH is 1. The number of fused-ring (bicyclic) bond motifs is 2. The molecule has 4 fully saturated rings. The van der Waals surface area contributed by atoms with Crippen LogP contribution in [0.3, 0.4) is 0 Å². The van der Waals surface area contributed by atoms with Gasteiger partial charge in [-0.2, -0.15) is 5.26 Å². The van der Waals surface area contributed by atoms with E-state index in [4.69, 9.17) is 0 Å². The number of hydrogen-bond donors (Lipinski definition) is 1. The molecule has 23 heavy (non-hydrogen) atoms. The number of hydrogen-bond acceptors (Lipinski definition) is 2. The van der Waals surface area contributed by atoms with Gasteiger partial charge in [0.2, 0.25) is 0 Å². The quantitative estimate of drug-likeness (QED) is 0.718. The van der Waals surface area contributed by atoms with E-state index in [0.29, 0.717) is 5.41 Å². The van der Waals surface area contributed by atoms with E-state index in [0.717, 1.165) is 48.0 Å². The van der Waals surface area contributed by atoms with Gasteiger partial charge in [0, 0.05) is 11.0 Å².